The molecular weight excluding hydrogens is 494 g/mol. The second kappa shape index (κ2) is 9.75. The minimum atomic E-state index is 0.188. The Labute approximate surface area is 237 Å². The summed E-state index contributed by atoms with van der Waals surface area (Å²) in [6, 6.07) is 14.6. The number of piperidine rings is 1. The van der Waals surface area contributed by atoms with Gasteiger partial charge in [-0.3, -0.25) is 4.90 Å². The van der Waals surface area contributed by atoms with Gasteiger partial charge in [-0.1, -0.05) is 30.2 Å². The molecule has 0 radical (unpaired) electrons. The Morgan fingerprint density at radius 1 is 1.00 bits per heavy atom. The zero-order valence-electron chi connectivity index (χ0n) is 23.4. The monoisotopic (exact) mass is 533 g/mol. The number of nitrogens with zero attached hydrogens (tertiary/aromatic N) is 4. The summed E-state index contributed by atoms with van der Waals surface area (Å²) < 4.78 is 6.58. The molecule has 1 aromatic heterocycles. The Balaban J connectivity index is 1.15. The van der Waals surface area contributed by atoms with Crippen LogP contribution in [0.5, 0.6) is 6.01 Å². The molecule has 0 aliphatic carbocycles. The molecule has 0 amide bonds. The molecule has 206 valence electrons. The van der Waals surface area contributed by atoms with Gasteiger partial charge in [0.25, 0.3) is 0 Å². The molecule has 2 bridgehead atoms. The van der Waals surface area contributed by atoms with Crippen molar-refractivity contribution in [2.75, 3.05) is 31.1 Å². The van der Waals surface area contributed by atoms with Crippen molar-refractivity contribution in [3.05, 3.63) is 58.9 Å². The van der Waals surface area contributed by atoms with E-state index in [1.165, 1.54) is 92.2 Å². The molecule has 4 saturated heterocycles. The van der Waals surface area contributed by atoms with Crippen molar-refractivity contribution in [1.29, 1.82) is 0 Å². The summed E-state index contributed by atoms with van der Waals surface area (Å²) >= 11 is 0. The Bertz CT molecular complexity index is 1470. The number of rotatable bonds is 5. The summed E-state index contributed by atoms with van der Waals surface area (Å²) in [5, 5.41) is 6.18. The van der Waals surface area contributed by atoms with Crippen molar-refractivity contribution in [3.8, 4) is 18.4 Å². The summed E-state index contributed by atoms with van der Waals surface area (Å²) in [5.41, 5.74) is 6.12. The number of anilines is 1. The molecule has 4 fully saturated rings. The van der Waals surface area contributed by atoms with Gasteiger partial charge in [-0.25, -0.2) is 0 Å². The molecule has 1 N–H and O–H groups in total. The highest BCUT2D eigenvalue weighted by molar-refractivity contribution is 5.98. The third kappa shape index (κ3) is 4.09. The van der Waals surface area contributed by atoms with E-state index in [4.69, 9.17) is 21.1 Å². The van der Waals surface area contributed by atoms with Gasteiger partial charge < -0.3 is 15.0 Å². The van der Waals surface area contributed by atoms with Crippen molar-refractivity contribution in [2.45, 2.75) is 87.9 Å². The van der Waals surface area contributed by atoms with Crippen LogP contribution in [0.3, 0.4) is 0 Å². The molecule has 1 unspecified atom stereocenters. The van der Waals surface area contributed by atoms with Crippen molar-refractivity contribution in [2.24, 2.45) is 0 Å². The fourth-order valence-electron chi connectivity index (χ4n) is 8.69. The normalized spacial score (nSPS) is 27.0. The van der Waals surface area contributed by atoms with Gasteiger partial charge >= 0.3 is 6.01 Å². The molecule has 2 aromatic carbocycles. The van der Waals surface area contributed by atoms with E-state index in [9.17, 15) is 0 Å². The first-order valence-electron chi connectivity index (χ1n) is 15.5. The fourth-order valence-corrected chi connectivity index (χ4v) is 8.69. The number of terminal acetylenes is 1. The first-order valence-corrected chi connectivity index (χ1v) is 15.5. The van der Waals surface area contributed by atoms with E-state index in [0.717, 1.165) is 30.8 Å². The topological polar surface area (TPSA) is 53.5 Å². The van der Waals surface area contributed by atoms with E-state index < -0.39 is 0 Å². The number of ether oxygens (including phenoxy) is 1. The molecule has 6 heteroatoms. The Kier molecular flexibility index (Phi) is 6.00. The third-order valence-electron chi connectivity index (χ3n) is 10.6. The summed E-state index contributed by atoms with van der Waals surface area (Å²) in [5.74, 6) is 3.41. The SMILES string of the molecule is C#Cc1cccc2cccc(N3CCc4c(nc(OCC56CCCN5CCC6)nc4C4C[C@H]5CC[C@@H](C4)N5)C3)c12. The minimum Gasteiger partial charge on any atom is -0.461 e. The average molecular weight is 534 g/mol. The lowest BCUT2D eigenvalue weighted by atomic mass is 9.85. The van der Waals surface area contributed by atoms with Gasteiger partial charge in [0.15, 0.2) is 0 Å². The van der Waals surface area contributed by atoms with Crippen LogP contribution in [0.15, 0.2) is 36.4 Å². The molecule has 6 nitrogen and oxygen atoms in total. The second-order valence-electron chi connectivity index (χ2n) is 12.8. The van der Waals surface area contributed by atoms with Crippen LogP contribution >= 0.6 is 0 Å². The lowest BCUT2D eigenvalue weighted by Crippen LogP contribution is -2.43. The van der Waals surface area contributed by atoms with E-state index in [0.29, 0.717) is 30.6 Å². The molecule has 3 aromatic rings. The molecular formula is C34H39N5O. The zero-order valence-corrected chi connectivity index (χ0v) is 23.4. The van der Waals surface area contributed by atoms with Crippen molar-refractivity contribution in [1.82, 2.24) is 20.2 Å². The maximum absolute atomic E-state index is 6.58. The van der Waals surface area contributed by atoms with Crippen molar-refractivity contribution < 1.29 is 4.74 Å². The second-order valence-corrected chi connectivity index (χ2v) is 12.8. The van der Waals surface area contributed by atoms with Crippen LogP contribution in [0.25, 0.3) is 10.8 Å². The molecule has 3 atom stereocenters. The van der Waals surface area contributed by atoms with Gasteiger partial charge in [0.05, 0.1) is 23.5 Å². The van der Waals surface area contributed by atoms with E-state index in [-0.39, 0.29) is 5.54 Å². The molecule has 6 heterocycles. The molecule has 5 aliphatic rings. The van der Waals surface area contributed by atoms with E-state index >= 15 is 0 Å². The van der Waals surface area contributed by atoms with Gasteiger partial charge in [-0.15, -0.1) is 6.42 Å². The number of nitrogens with one attached hydrogen (secondary N) is 1. The maximum atomic E-state index is 6.58. The van der Waals surface area contributed by atoms with Crippen LogP contribution in [-0.2, 0) is 13.0 Å². The summed E-state index contributed by atoms with van der Waals surface area (Å²) in [4.78, 5) is 15.5. The summed E-state index contributed by atoms with van der Waals surface area (Å²) in [6.07, 6.45) is 16.9. The third-order valence-corrected chi connectivity index (χ3v) is 10.6. The Hall–Kier alpha value is -3.14. The predicted octanol–water partition coefficient (Wildman–Crippen LogP) is 5.18. The van der Waals surface area contributed by atoms with Crippen molar-refractivity contribution >= 4 is 16.5 Å². The van der Waals surface area contributed by atoms with Gasteiger partial charge in [0.1, 0.15) is 6.61 Å². The quantitative estimate of drug-likeness (QED) is 0.456. The molecule has 5 aliphatic heterocycles. The number of hydrogen-bond acceptors (Lipinski definition) is 6. The first kappa shape index (κ1) is 24.6. The molecule has 40 heavy (non-hydrogen) atoms. The molecule has 8 rings (SSSR count). The van der Waals surface area contributed by atoms with Crippen LogP contribution in [-0.4, -0.2) is 58.7 Å². The van der Waals surface area contributed by atoms with Crippen LogP contribution in [0.2, 0.25) is 0 Å². The first-order chi connectivity index (χ1) is 19.7. The minimum absolute atomic E-state index is 0.188. The van der Waals surface area contributed by atoms with Crippen LogP contribution in [0, 0.1) is 12.3 Å². The highest BCUT2D eigenvalue weighted by atomic mass is 16.5. The largest absolute Gasteiger partial charge is 0.461 e. The highest BCUT2D eigenvalue weighted by Crippen LogP contribution is 2.42. The number of benzene rings is 2. The standard InChI is InChI=1S/C34H39N5O/c1-2-23-7-3-8-24-9-4-10-30(31(23)24)38-18-13-28-29(21-38)36-33(40-22-34-14-5-16-39(34)17-6-15-34)37-32(28)25-19-26-11-12-27(20-25)35-26/h1,3-4,7-10,25-27,35H,5-6,11-22H2/t25?,26-,27+. The van der Waals surface area contributed by atoms with Gasteiger partial charge in [-0.2, -0.15) is 9.97 Å². The lowest BCUT2D eigenvalue weighted by Gasteiger charge is -2.35. The number of fused-ring (bicyclic) bond motifs is 5. The number of aromatic nitrogens is 2. The van der Waals surface area contributed by atoms with Crippen LogP contribution in [0.1, 0.15) is 79.8 Å². The molecule has 0 saturated carbocycles. The number of hydrogen-bond donors (Lipinski definition) is 1. The zero-order chi connectivity index (χ0) is 26.7. The predicted molar refractivity (Wildman–Crippen MR) is 159 cm³/mol. The highest BCUT2D eigenvalue weighted by Gasteiger charge is 2.45. The molecule has 0 spiro atoms. The Morgan fingerprint density at radius 3 is 2.55 bits per heavy atom. The smallest absolute Gasteiger partial charge is 0.316 e. The van der Waals surface area contributed by atoms with Crippen LogP contribution in [0.4, 0.5) is 5.69 Å². The van der Waals surface area contributed by atoms with Crippen molar-refractivity contribution in [3.63, 3.8) is 0 Å². The summed E-state index contributed by atoms with van der Waals surface area (Å²) in [7, 11) is 0. The maximum Gasteiger partial charge on any atom is 0.316 e. The summed E-state index contributed by atoms with van der Waals surface area (Å²) in [6.45, 7) is 4.82. The lowest BCUT2D eigenvalue weighted by molar-refractivity contribution is 0.107. The van der Waals surface area contributed by atoms with Gasteiger partial charge in [0, 0.05) is 41.2 Å². The van der Waals surface area contributed by atoms with E-state index in [1.807, 2.05) is 0 Å². The van der Waals surface area contributed by atoms with E-state index in [2.05, 4.69) is 57.4 Å². The Morgan fingerprint density at radius 2 is 1.77 bits per heavy atom. The van der Waals surface area contributed by atoms with Crippen LogP contribution < -0.4 is 15.0 Å². The average Bonchev–Trinajstić information content (AvgIpc) is 3.68. The van der Waals surface area contributed by atoms with Gasteiger partial charge in [0.2, 0.25) is 0 Å². The fraction of sp³-hybridized carbons (Fsp3) is 0.529. The van der Waals surface area contributed by atoms with Gasteiger partial charge in [-0.05, 0) is 94.0 Å². The van der Waals surface area contributed by atoms with E-state index in [1.54, 1.807) is 0 Å².